The normalized spacial score (nSPS) is 19.0. The van der Waals surface area contributed by atoms with E-state index in [2.05, 4.69) is 19.8 Å². The summed E-state index contributed by atoms with van der Waals surface area (Å²) in [6.07, 6.45) is 10.9. The van der Waals surface area contributed by atoms with E-state index in [1.807, 2.05) is 6.92 Å². The zero-order chi connectivity index (χ0) is 28.8. The number of rotatable bonds is 6. The molecule has 5 heterocycles. The number of aromatic nitrogens is 3. The lowest BCUT2D eigenvalue weighted by molar-refractivity contribution is 0.108. The Morgan fingerprint density at radius 2 is 1.71 bits per heavy atom. The zero-order valence-electron chi connectivity index (χ0n) is 24.1. The van der Waals surface area contributed by atoms with Gasteiger partial charge in [-0.25, -0.2) is 8.78 Å². The molecule has 3 fully saturated rings. The number of fused-ring (bicyclic) bond motifs is 3. The summed E-state index contributed by atoms with van der Waals surface area (Å²) in [6.45, 7) is 6.16. The highest BCUT2D eigenvalue weighted by Gasteiger charge is 2.45. The van der Waals surface area contributed by atoms with Crippen molar-refractivity contribution in [3.8, 4) is 23.0 Å². The fourth-order valence-electron chi connectivity index (χ4n) is 7.49. The first-order valence-electron chi connectivity index (χ1n) is 15.4. The second kappa shape index (κ2) is 10.9. The van der Waals surface area contributed by atoms with Crippen molar-refractivity contribution in [3.63, 3.8) is 0 Å². The van der Waals surface area contributed by atoms with E-state index in [0.29, 0.717) is 46.1 Å². The Morgan fingerprint density at radius 3 is 2.45 bits per heavy atom. The summed E-state index contributed by atoms with van der Waals surface area (Å²) in [7, 11) is 0. The molecule has 0 atom stereocenters. The van der Waals surface area contributed by atoms with Gasteiger partial charge in [-0.2, -0.15) is 9.97 Å². The third kappa shape index (κ3) is 4.62. The molecule has 3 aliphatic heterocycles. The Balaban J connectivity index is 1.38. The van der Waals surface area contributed by atoms with Gasteiger partial charge in [-0.3, -0.25) is 9.88 Å². The molecule has 3 saturated heterocycles. The number of benzene rings is 2. The summed E-state index contributed by atoms with van der Waals surface area (Å²) in [5.74, 6) is -0.396. The minimum atomic E-state index is -0.629. The van der Waals surface area contributed by atoms with Gasteiger partial charge in [0.1, 0.15) is 35.2 Å². The Morgan fingerprint density at radius 1 is 0.952 bits per heavy atom. The Labute approximate surface area is 244 Å². The maximum Gasteiger partial charge on any atom is 0.319 e. The summed E-state index contributed by atoms with van der Waals surface area (Å²) in [5.41, 5.74) is 0.945. The minimum absolute atomic E-state index is 0.00411. The third-order valence-corrected chi connectivity index (χ3v) is 9.59. The Hall–Kier alpha value is -3.59. The van der Waals surface area contributed by atoms with E-state index in [1.54, 1.807) is 18.3 Å². The van der Waals surface area contributed by atoms with E-state index in [1.165, 1.54) is 12.1 Å². The highest BCUT2D eigenvalue weighted by Crippen LogP contribution is 2.41. The summed E-state index contributed by atoms with van der Waals surface area (Å²) >= 11 is 0. The van der Waals surface area contributed by atoms with Crippen molar-refractivity contribution in [2.24, 2.45) is 0 Å². The van der Waals surface area contributed by atoms with Crippen molar-refractivity contribution in [1.29, 1.82) is 0 Å². The number of ether oxygens (including phenoxy) is 1. The molecular weight excluding hydrogens is 536 g/mol. The van der Waals surface area contributed by atoms with E-state index in [9.17, 15) is 9.50 Å². The van der Waals surface area contributed by atoms with Crippen LogP contribution in [0, 0.1) is 11.6 Å². The van der Waals surface area contributed by atoms with Gasteiger partial charge >= 0.3 is 6.01 Å². The average Bonchev–Trinajstić information content (AvgIpc) is 3.45. The Kier molecular flexibility index (Phi) is 7.08. The van der Waals surface area contributed by atoms with Gasteiger partial charge in [-0.05, 0) is 92.6 Å². The molecule has 0 saturated carbocycles. The van der Waals surface area contributed by atoms with Crippen LogP contribution in [-0.4, -0.2) is 63.3 Å². The number of aryl methyl sites for hydroxylation is 1. The molecule has 9 heteroatoms. The third-order valence-electron chi connectivity index (χ3n) is 9.59. The van der Waals surface area contributed by atoms with Crippen LogP contribution < -0.4 is 9.64 Å². The summed E-state index contributed by atoms with van der Waals surface area (Å²) < 4.78 is 37.9. The quantitative estimate of drug-likeness (QED) is 0.273. The zero-order valence-corrected chi connectivity index (χ0v) is 24.1. The topological polar surface area (TPSA) is 74.6 Å². The lowest BCUT2D eigenvalue weighted by Crippen LogP contribution is -2.43. The SMILES string of the molecule is CCc1c(F)ccc2cc(O)cc(-c3ncc4c(N5CCCCCC5)nc(OCC56CCCN5CCC6)nc4c3F)c12. The number of anilines is 1. The second-order valence-corrected chi connectivity index (χ2v) is 12.1. The van der Waals surface area contributed by atoms with Crippen molar-refractivity contribution in [3.05, 3.63) is 47.7 Å². The standard InChI is InChI=1S/C33H37F2N5O2/c1-2-23-26(34)10-9-21-17-22(41)18-24(27(21)23)29-28(35)30-25(19-36-29)31(39-13-5-3-4-6-14-39)38-32(37-30)42-20-33-11-7-15-40(33)16-8-12-33/h9-10,17-19,41H,2-8,11-16,20H2,1H3. The fraction of sp³-hybridized carbons (Fsp3) is 0.485. The van der Waals surface area contributed by atoms with Crippen LogP contribution in [-0.2, 0) is 6.42 Å². The van der Waals surface area contributed by atoms with Crippen molar-refractivity contribution >= 4 is 27.5 Å². The molecule has 0 aliphatic carbocycles. The second-order valence-electron chi connectivity index (χ2n) is 12.1. The largest absolute Gasteiger partial charge is 0.508 e. The van der Waals surface area contributed by atoms with Gasteiger partial charge in [0.25, 0.3) is 0 Å². The molecule has 4 aromatic rings. The number of nitrogens with zero attached hydrogens (tertiary/aromatic N) is 5. The highest BCUT2D eigenvalue weighted by atomic mass is 19.1. The predicted octanol–water partition coefficient (Wildman–Crippen LogP) is 6.78. The van der Waals surface area contributed by atoms with Gasteiger partial charge in [0.2, 0.25) is 0 Å². The van der Waals surface area contributed by atoms with E-state index in [0.717, 1.165) is 77.5 Å². The first-order chi connectivity index (χ1) is 20.5. The molecule has 7 nitrogen and oxygen atoms in total. The van der Waals surface area contributed by atoms with Crippen molar-refractivity contribution in [2.45, 2.75) is 70.3 Å². The van der Waals surface area contributed by atoms with Crippen LogP contribution in [0.1, 0.15) is 63.9 Å². The minimum Gasteiger partial charge on any atom is -0.508 e. The number of hydrogen-bond acceptors (Lipinski definition) is 7. The van der Waals surface area contributed by atoms with Crippen LogP contribution in [0.5, 0.6) is 11.8 Å². The number of pyridine rings is 1. The number of halogens is 2. The van der Waals surface area contributed by atoms with Crippen LogP contribution in [0.15, 0.2) is 30.5 Å². The van der Waals surface area contributed by atoms with Crippen molar-refractivity contribution in [1.82, 2.24) is 19.9 Å². The van der Waals surface area contributed by atoms with Gasteiger partial charge in [-0.1, -0.05) is 25.8 Å². The van der Waals surface area contributed by atoms with Crippen LogP contribution in [0.3, 0.4) is 0 Å². The molecule has 2 aromatic carbocycles. The summed E-state index contributed by atoms with van der Waals surface area (Å²) in [6, 6.07) is 6.18. The van der Waals surface area contributed by atoms with Crippen LogP contribution in [0.4, 0.5) is 14.6 Å². The molecule has 3 aliphatic rings. The summed E-state index contributed by atoms with van der Waals surface area (Å²) in [5, 5.41) is 12.2. The molecular formula is C33H37F2N5O2. The van der Waals surface area contributed by atoms with Gasteiger partial charge in [0.05, 0.1) is 10.9 Å². The first kappa shape index (κ1) is 27.3. The molecule has 2 aromatic heterocycles. The molecule has 0 unspecified atom stereocenters. The van der Waals surface area contributed by atoms with E-state index < -0.39 is 5.82 Å². The van der Waals surface area contributed by atoms with E-state index in [-0.39, 0.29) is 34.3 Å². The number of phenols is 1. The van der Waals surface area contributed by atoms with Gasteiger partial charge in [0.15, 0.2) is 5.82 Å². The molecule has 220 valence electrons. The lowest BCUT2D eigenvalue weighted by atomic mass is 9.94. The average molecular weight is 574 g/mol. The lowest BCUT2D eigenvalue weighted by Gasteiger charge is -2.31. The van der Waals surface area contributed by atoms with Crippen LogP contribution in [0.25, 0.3) is 32.9 Å². The molecule has 0 radical (unpaired) electrons. The molecule has 0 bridgehead atoms. The van der Waals surface area contributed by atoms with E-state index in [4.69, 9.17) is 9.72 Å². The fourth-order valence-corrected chi connectivity index (χ4v) is 7.49. The number of hydrogen-bond donors (Lipinski definition) is 1. The molecule has 0 amide bonds. The Bertz CT molecular complexity index is 1640. The maximum absolute atomic E-state index is 16.7. The number of phenolic OH excluding ortho intramolecular Hbond substituents is 1. The smallest absolute Gasteiger partial charge is 0.319 e. The van der Waals surface area contributed by atoms with Crippen molar-refractivity contribution < 1.29 is 18.6 Å². The molecule has 0 spiro atoms. The van der Waals surface area contributed by atoms with Gasteiger partial charge < -0.3 is 14.7 Å². The van der Waals surface area contributed by atoms with Gasteiger partial charge in [-0.15, -0.1) is 0 Å². The monoisotopic (exact) mass is 573 g/mol. The van der Waals surface area contributed by atoms with Gasteiger partial charge in [0, 0.05) is 24.8 Å². The molecule has 7 rings (SSSR count). The first-order valence-corrected chi connectivity index (χ1v) is 15.4. The predicted molar refractivity (Wildman–Crippen MR) is 160 cm³/mol. The molecule has 42 heavy (non-hydrogen) atoms. The molecule has 1 N–H and O–H groups in total. The maximum atomic E-state index is 16.7. The number of aromatic hydroxyl groups is 1. The van der Waals surface area contributed by atoms with Crippen LogP contribution >= 0.6 is 0 Å². The van der Waals surface area contributed by atoms with E-state index >= 15 is 4.39 Å². The highest BCUT2D eigenvalue weighted by molar-refractivity contribution is 6.01. The van der Waals surface area contributed by atoms with Crippen LogP contribution in [0.2, 0.25) is 0 Å². The summed E-state index contributed by atoms with van der Waals surface area (Å²) in [4.78, 5) is 18.8. The van der Waals surface area contributed by atoms with Crippen molar-refractivity contribution in [2.75, 3.05) is 37.7 Å².